The summed E-state index contributed by atoms with van der Waals surface area (Å²) in [6.07, 6.45) is 1.16. The lowest BCUT2D eigenvalue weighted by atomic mass is 10.2. The molecule has 0 aliphatic carbocycles. The Kier molecular flexibility index (Phi) is 3.90. The summed E-state index contributed by atoms with van der Waals surface area (Å²) in [5, 5.41) is 0.232. The minimum absolute atomic E-state index is 0.00106. The van der Waals surface area contributed by atoms with Gasteiger partial charge in [-0.3, -0.25) is 4.84 Å². The first-order valence-corrected chi connectivity index (χ1v) is 6.38. The number of hydrogen-bond donors (Lipinski definition) is 1. The molecular formula is C9H13ClN2O3S. The van der Waals surface area contributed by atoms with Crippen molar-refractivity contribution in [2.24, 2.45) is 0 Å². The number of pyridine rings is 1. The summed E-state index contributed by atoms with van der Waals surface area (Å²) in [6.45, 7) is 5.20. The van der Waals surface area contributed by atoms with E-state index >= 15 is 0 Å². The third kappa shape index (κ3) is 4.05. The van der Waals surface area contributed by atoms with Crippen molar-refractivity contribution in [3.8, 4) is 0 Å². The molecule has 1 aromatic heterocycles. The summed E-state index contributed by atoms with van der Waals surface area (Å²) >= 11 is 5.55. The SMILES string of the molecule is CC(C)(C)ONS(=O)(=O)c1ccc(Cl)nc1. The summed E-state index contributed by atoms with van der Waals surface area (Å²) in [7, 11) is -3.70. The normalized spacial score (nSPS) is 12.8. The van der Waals surface area contributed by atoms with Crippen molar-refractivity contribution < 1.29 is 13.3 Å². The second-order valence-electron chi connectivity index (χ2n) is 4.12. The molecule has 0 unspecified atom stereocenters. The highest BCUT2D eigenvalue weighted by atomic mass is 35.5. The zero-order valence-electron chi connectivity index (χ0n) is 9.19. The van der Waals surface area contributed by atoms with E-state index in [-0.39, 0.29) is 10.0 Å². The van der Waals surface area contributed by atoms with Crippen LogP contribution in [0.1, 0.15) is 20.8 Å². The molecule has 0 saturated heterocycles. The molecule has 0 fully saturated rings. The van der Waals surface area contributed by atoms with Crippen molar-refractivity contribution in [2.45, 2.75) is 31.3 Å². The molecule has 16 heavy (non-hydrogen) atoms. The Morgan fingerprint density at radius 2 is 2.00 bits per heavy atom. The molecule has 1 rings (SSSR count). The number of sulfonamides is 1. The Morgan fingerprint density at radius 1 is 1.38 bits per heavy atom. The minimum atomic E-state index is -3.70. The summed E-state index contributed by atoms with van der Waals surface area (Å²) in [5.74, 6) is 0. The Balaban J connectivity index is 2.83. The molecule has 0 bridgehead atoms. The highest BCUT2D eigenvalue weighted by molar-refractivity contribution is 7.89. The van der Waals surface area contributed by atoms with Crippen LogP contribution in [0.3, 0.4) is 0 Å². The van der Waals surface area contributed by atoms with Crippen molar-refractivity contribution >= 4 is 21.6 Å². The second kappa shape index (κ2) is 4.67. The molecule has 90 valence electrons. The topological polar surface area (TPSA) is 68.3 Å². The maximum absolute atomic E-state index is 11.7. The van der Waals surface area contributed by atoms with E-state index in [9.17, 15) is 8.42 Å². The Hall–Kier alpha value is -0.690. The van der Waals surface area contributed by atoms with Gasteiger partial charge in [-0.2, -0.15) is 0 Å². The van der Waals surface area contributed by atoms with Crippen LogP contribution in [0.25, 0.3) is 0 Å². The van der Waals surface area contributed by atoms with Crippen LogP contribution in [0.4, 0.5) is 0 Å². The molecule has 5 nitrogen and oxygen atoms in total. The van der Waals surface area contributed by atoms with Crippen molar-refractivity contribution in [2.75, 3.05) is 0 Å². The number of nitrogens with zero attached hydrogens (tertiary/aromatic N) is 1. The van der Waals surface area contributed by atoms with Gasteiger partial charge in [0.1, 0.15) is 10.0 Å². The van der Waals surface area contributed by atoms with Crippen molar-refractivity contribution in [3.05, 3.63) is 23.5 Å². The predicted octanol–water partition coefficient (Wildman–Crippen LogP) is 1.74. The average Bonchev–Trinajstić information content (AvgIpc) is 2.15. The highest BCUT2D eigenvalue weighted by Crippen LogP contribution is 2.12. The van der Waals surface area contributed by atoms with E-state index in [1.165, 1.54) is 12.1 Å². The van der Waals surface area contributed by atoms with Crippen LogP contribution >= 0.6 is 11.6 Å². The number of rotatable bonds is 3. The van der Waals surface area contributed by atoms with Gasteiger partial charge in [0.25, 0.3) is 10.0 Å². The smallest absolute Gasteiger partial charge is 0.264 e. The zero-order valence-corrected chi connectivity index (χ0v) is 10.8. The van der Waals surface area contributed by atoms with Crippen molar-refractivity contribution in [1.29, 1.82) is 0 Å². The first-order chi connectivity index (χ1) is 7.21. The van der Waals surface area contributed by atoms with Gasteiger partial charge in [-0.1, -0.05) is 16.5 Å². The van der Waals surface area contributed by atoms with Gasteiger partial charge in [0, 0.05) is 6.20 Å². The zero-order chi connectivity index (χ0) is 12.4. The fraction of sp³-hybridized carbons (Fsp3) is 0.444. The predicted molar refractivity (Wildman–Crippen MR) is 60.4 cm³/mol. The monoisotopic (exact) mass is 264 g/mol. The largest absolute Gasteiger partial charge is 0.281 e. The van der Waals surface area contributed by atoms with Crippen LogP contribution in [0, 0.1) is 0 Å². The van der Waals surface area contributed by atoms with E-state index in [0.29, 0.717) is 0 Å². The molecule has 1 heterocycles. The molecule has 7 heteroatoms. The lowest BCUT2D eigenvalue weighted by Crippen LogP contribution is -2.33. The van der Waals surface area contributed by atoms with Gasteiger partial charge in [-0.25, -0.2) is 13.4 Å². The Bertz CT molecular complexity index is 451. The highest BCUT2D eigenvalue weighted by Gasteiger charge is 2.19. The van der Waals surface area contributed by atoms with E-state index in [0.717, 1.165) is 6.20 Å². The second-order valence-corrected chi connectivity index (χ2v) is 6.15. The molecule has 1 N–H and O–H groups in total. The molecule has 0 amide bonds. The van der Waals surface area contributed by atoms with Crippen LogP contribution in [-0.4, -0.2) is 19.0 Å². The van der Waals surface area contributed by atoms with E-state index < -0.39 is 15.6 Å². The minimum Gasteiger partial charge on any atom is -0.281 e. The summed E-state index contributed by atoms with van der Waals surface area (Å²) in [4.78, 5) is 10.7. The molecule has 1 aromatic rings. The van der Waals surface area contributed by atoms with Gasteiger partial charge in [-0.15, -0.1) is 0 Å². The van der Waals surface area contributed by atoms with Crippen LogP contribution < -0.4 is 4.89 Å². The molecule has 0 aliphatic rings. The quantitative estimate of drug-likeness (QED) is 0.667. The molecular weight excluding hydrogens is 252 g/mol. The van der Waals surface area contributed by atoms with E-state index in [1.807, 2.05) is 4.89 Å². The Morgan fingerprint density at radius 3 is 2.44 bits per heavy atom. The van der Waals surface area contributed by atoms with Gasteiger partial charge in [-0.05, 0) is 32.9 Å². The number of hydrogen-bond acceptors (Lipinski definition) is 4. The summed E-state index contributed by atoms with van der Waals surface area (Å²) in [6, 6.07) is 2.75. The molecule has 0 atom stereocenters. The molecule has 0 saturated carbocycles. The van der Waals surface area contributed by atoms with Crippen LogP contribution in [0.5, 0.6) is 0 Å². The number of nitrogens with one attached hydrogen (secondary N) is 1. The lowest BCUT2D eigenvalue weighted by Gasteiger charge is -2.18. The maximum atomic E-state index is 11.7. The van der Waals surface area contributed by atoms with Crippen molar-refractivity contribution in [1.82, 2.24) is 9.87 Å². The van der Waals surface area contributed by atoms with Gasteiger partial charge in [0.15, 0.2) is 0 Å². The maximum Gasteiger partial charge on any atom is 0.264 e. The first-order valence-electron chi connectivity index (χ1n) is 4.52. The van der Waals surface area contributed by atoms with Gasteiger partial charge in [0.05, 0.1) is 5.60 Å². The molecule has 0 aromatic carbocycles. The molecule has 0 spiro atoms. The van der Waals surface area contributed by atoms with E-state index in [4.69, 9.17) is 16.4 Å². The number of halogens is 1. The van der Waals surface area contributed by atoms with Gasteiger partial charge < -0.3 is 0 Å². The third-order valence-corrected chi connectivity index (χ3v) is 2.86. The standard InChI is InChI=1S/C9H13ClN2O3S/c1-9(2,3)15-12-16(13,14)7-4-5-8(10)11-6-7/h4-6,12H,1-3H3. The van der Waals surface area contributed by atoms with Gasteiger partial charge >= 0.3 is 0 Å². The van der Waals surface area contributed by atoms with Crippen LogP contribution in [0.2, 0.25) is 5.15 Å². The fourth-order valence-corrected chi connectivity index (χ4v) is 1.76. The van der Waals surface area contributed by atoms with E-state index in [2.05, 4.69) is 4.98 Å². The first kappa shape index (κ1) is 13.4. The fourth-order valence-electron chi connectivity index (χ4n) is 0.749. The molecule has 0 aliphatic heterocycles. The van der Waals surface area contributed by atoms with E-state index in [1.54, 1.807) is 20.8 Å². The molecule has 0 radical (unpaired) electrons. The Labute approximate surface area is 99.8 Å². The average molecular weight is 265 g/mol. The lowest BCUT2D eigenvalue weighted by molar-refractivity contribution is -0.0357. The van der Waals surface area contributed by atoms with Crippen molar-refractivity contribution in [3.63, 3.8) is 0 Å². The van der Waals surface area contributed by atoms with Gasteiger partial charge in [0.2, 0.25) is 0 Å². The van der Waals surface area contributed by atoms with Crippen LogP contribution in [-0.2, 0) is 14.9 Å². The van der Waals surface area contributed by atoms with Crippen LogP contribution in [0.15, 0.2) is 23.2 Å². The number of aromatic nitrogens is 1. The third-order valence-electron chi connectivity index (χ3n) is 1.47. The summed E-state index contributed by atoms with van der Waals surface area (Å²) in [5.41, 5.74) is -0.604. The summed E-state index contributed by atoms with van der Waals surface area (Å²) < 4.78 is 23.3.